The predicted molar refractivity (Wildman–Crippen MR) is 45.2 cm³/mol. The van der Waals surface area contributed by atoms with Gasteiger partial charge in [-0.15, -0.1) is 0 Å². The van der Waals surface area contributed by atoms with E-state index in [1.165, 1.54) is 0 Å². The quantitative estimate of drug-likeness (QED) is 0.506. The summed E-state index contributed by atoms with van der Waals surface area (Å²) in [6.07, 6.45) is -0.679. The molecule has 1 unspecified atom stereocenters. The van der Waals surface area contributed by atoms with Crippen molar-refractivity contribution >= 4 is 5.91 Å². The summed E-state index contributed by atoms with van der Waals surface area (Å²) in [6, 6.07) is 0. The highest BCUT2D eigenvalue weighted by atomic mass is 16.5. The Kier molecular flexibility index (Phi) is 2.48. The Bertz CT molecular complexity index is 198. The predicted octanol–water partition coefficient (Wildman–Crippen LogP) is -1.82. The average molecular weight is 186 g/mol. The summed E-state index contributed by atoms with van der Waals surface area (Å²) < 4.78 is 5.30. The molecule has 0 aromatic carbocycles. The number of ether oxygens (including phenoxy) is 1. The third kappa shape index (κ3) is 1.82. The SMILES string of the molecule is O=C(C1CNCCO1)N1CC(O)C1. The van der Waals surface area contributed by atoms with Crippen LogP contribution >= 0.6 is 0 Å². The molecule has 2 fully saturated rings. The number of aliphatic hydroxyl groups is 1. The van der Waals surface area contributed by atoms with Gasteiger partial charge >= 0.3 is 0 Å². The maximum absolute atomic E-state index is 11.6. The zero-order valence-electron chi connectivity index (χ0n) is 7.40. The number of β-amino-alcohol motifs (C(OH)–C–C–N with tert-alkyl or cyclic N) is 1. The van der Waals surface area contributed by atoms with Crippen LogP contribution in [-0.4, -0.2) is 60.9 Å². The lowest BCUT2D eigenvalue weighted by atomic mass is 10.1. The summed E-state index contributed by atoms with van der Waals surface area (Å²) in [5.41, 5.74) is 0. The number of carbonyl (C=O) groups excluding carboxylic acids is 1. The highest BCUT2D eigenvalue weighted by molar-refractivity contribution is 5.82. The summed E-state index contributed by atoms with van der Waals surface area (Å²) in [5.74, 6) is -0.00231. The minimum atomic E-state index is -0.346. The molecule has 2 N–H and O–H groups in total. The number of amides is 1. The Morgan fingerprint density at radius 3 is 2.85 bits per heavy atom. The van der Waals surface area contributed by atoms with Gasteiger partial charge in [0, 0.05) is 26.2 Å². The van der Waals surface area contributed by atoms with Crippen molar-refractivity contribution in [2.24, 2.45) is 0 Å². The first kappa shape index (κ1) is 8.93. The third-order valence-electron chi connectivity index (χ3n) is 2.38. The topological polar surface area (TPSA) is 61.8 Å². The van der Waals surface area contributed by atoms with E-state index in [4.69, 9.17) is 9.84 Å². The second kappa shape index (κ2) is 3.61. The van der Waals surface area contributed by atoms with Crippen LogP contribution in [0.5, 0.6) is 0 Å². The van der Waals surface area contributed by atoms with E-state index in [0.717, 1.165) is 6.54 Å². The molecule has 0 aromatic heterocycles. The van der Waals surface area contributed by atoms with Crippen LogP contribution in [0.15, 0.2) is 0 Å². The maximum Gasteiger partial charge on any atom is 0.253 e. The van der Waals surface area contributed by atoms with Gasteiger partial charge in [0.25, 0.3) is 5.91 Å². The highest BCUT2D eigenvalue weighted by Crippen LogP contribution is 2.11. The first-order chi connectivity index (χ1) is 6.27. The molecule has 5 nitrogen and oxygen atoms in total. The zero-order chi connectivity index (χ0) is 9.26. The average Bonchev–Trinajstić information content (AvgIpc) is 2.13. The monoisotopic (exact) mass is 186 g/mol. The van der Waals surface area contributed by atoms with Crippen molar-refractivity contribution in [2.45, 2.75) is 12.2 Å². The standard InChI is InChI=1S/C8H14N2O3/c11-6-4-10(5-6)8(12)7-3-9-1-2-13-7/h6-7,9,11H,1-5H2. The lowest BCUT2D eigenvalue weighted by Gasteiger charge is -2.38. The van der Waals surface area contributed by atoms with E-state index in [1.807, 2.05) is 0 Å². The molecule has 0 bridgehead atoms. The molecule has 0 aromatic rings. The van der Waals surface area contributed by atoms with Crippen LogP contribution in [0.1, 0.15) is 0 Å². The summed E-state index contributed by atoms with van der Waals surface area (Å²) in [6.45, 7) is 2.90. The van der Waals surface area contributed by atoms with Gasteiger partial charge in [-0.3, -0.25) is 4.79 Å². The third-order valence-corrected chi connectivity index (χ3v) is 2.38. The normalized spacial score (nSPS) is 29.9. The molecular weight excluding hydrogens is 172 g/mol. The number of aliphatic hydroxyl groups excluding tert-OH is 1. The van der Waals surface area contributed by atoms with Crippen molar-refractivity contribution in [1.29, 1.82) is 0 Å². The summed E-state index contributed by atoms with van der Waals surface area (Å²) in [5, 5.41) is 12.1. The number of rotatable bonds is 1. The number of morpholine rings is 1. The molecule has 2 saturated heterocycles. The van der Waals surface area contributed by atoms with Crippen LogP contribution in [0.4, 0.5) is 0 Å². The molecular formula is C8H14N2O3. The fraction of sp³-hybridized carbons (Fsp3) is 0.875. The van der Waals surface area contributed by atoms with Crippen LogP contribution in [0.3, 0.4) is 0 Å². The van der Waals surface area contributed by atoms with E-state index in [-0.39, 0.29) is 18.1 Å². The minimum absolute atomic E-state index is 0.00231. The summed E-state index contributed by atoms with van der Waals surface area (Å²) >= 11 is 0. The maximum atomic E-state index is 11.6. The number of likely N-dealkylation sites (tertiary alicyclic amines) is 1. The molecule has 13 heavy (non-hydrogen) atoms. The fourth-order valence-corrected chi connectivity index (χ4v) is 1.56. The first-order valence-electron chi connectivity index (χ1n) is 4.56. The molecule has 0 radical (unpaired) electrons. The lowest BCUT2D eigenvalue weighted by molar-refractivity contribution is -0.155. The van der Waals surface area contributed by atoms with Crippen molar-refractivity contribution in [3.63, 3.8) is 0 Å². The van der Waals surface area contributed by atoms with Crippen molar-refractivity contribution in [1.82, 2.24) is 10.2 Å². The van der Waals surface area contributed by atoms with Crippen molar-refractivity contribution in [3.8, 4) is 0 Å². The molecule has 1 atom stereocenters. The zero-order valence-corrected chi connectivity index (χ0v) is 7.40. The smallest absolute Gasteiger partial charge is 0.253 e. The lowest BCUT2D eigenvalue weighted by Crippen LogP contribution is -2.59. The molecule has 2 rings (SSSR count). The Morgan fingerprint density at radius 1 is 1.54 bits per heavy atom. The van der Waals surface area contributed by atoms with Crippen molar-refractivity contribution in [2.75, 3.05) is 32.8 Å². The molecule has 0 saturated carbocycles. The molecule has 2 aliphatic heterocycles. The molecule has 74 valence electrons. The van der Waals surface area contributed by atoms with Gasteiger partial charge in [0.1, 0.15) is 6.10 Å². The van der Waals surface area contributed by atoms with Gasteiger partial charge in [0.2, 0.25) is 0 Å². The summed E-state index contributed by atoms with van der Waals surface area (Å²) in [7, 11) is 0. The second-order valence-corrected chi connectivity index (χ2v) is 3.46. The van der Waals surface area contributed by atoms with Gasteiger partial charge < -0.3 is 20.1 Å². The van der Waals surface area contributed by atoms with E-state index in [0.29, 0.717) is 26.2 Å². The molecule has 2 heterocycles. The van der Waals surface area contributed by atoms with Crippen LogP contribution in [0.25, 0.3) is 0 Å². The minimum Gasteiger partial charge on any atom is -0.389 e. The number of hydrogen-bond acceptors (Lipinski definition) is 4. The second-order valence-electron chi connectivity index (χ2n) is 3.46. The van der Waals surface area contributed by atoms with Crippen LogP contribution < -0.4 is 5.32 Å². The van der Waals surface area contributed by atoms with Gasteiger partial charge in [0.15, 0.2) is 0 Å². The van der Waals surface area contributed by atoms with Crippen LogP contribution in [-0.2, 0) is 9.53 Å². The van der Waals surface area contributed by atoms with E-state index >= 15 is 0 Å². The molecule has 2 aliphatic rings. The largest absolute Gasteiger partial charge is 0.389 e. The van der Waals surface area contributed by atoms with Gasteiger partial charge in [-0.25, -0.2) is 0 Å². The summed E-state index contributed by atoms with van der Waals surface area (Å²) in [4.78, 5) is 13.2. The van der Waals surface area contributed by atoms with E-state index in [2.05, 4.69) is 5.32 Å². The van der Waals surface area contributed by atoms with Crippen molar-refractivity contribution in [3.05, 3.63) is 0 Å². The Balaban J connectivity index is 1.82. The number of nitrogens with zero attached hydrogens (tertiary/aromatic N) is 1. The van der Waals surface area contributed by atoms with Crippen LogP contribution in [0, 0.1) is 0 Å². The van der Waals surface area contributed by atoms with Gasteiger partial charge in [0.05, 0.1) is 12.7 Å². The molecule has 0 aliphatic carbocycles. The van der Waals surface area contributed by atoms with Gasteiger partial charge in [-0.05, 0) is 0 Å². The van der Waals surface area contributed by atoms with E-state index in [9.17, 15) is 4.79 Å². The Morgan fingerprint density at radius 2 is 2.31 bits per heavy atom. The molecule has 0 spiro atoms. The number of carbonyl (C=O) groups is 1. The first-order valence-corrected chi connectivity index (χ1v) is 4.56. The van der Waals surface area contributed by atoms with Gasteiger partial charge in [-0.1, -0.05) is 0 Å². The van der Waals surface area contributed by atoms with Crippen molar-refractivity contribution < 1.29 is 14.6 Å². The van der Waals surface area contributed by atoms with E-state index < -0.39 is 0 Å². The number of hydrogen-bond donors (Lipinski definition) is 2. The fourth-order valence-electron chi connectivity index (χ4n) is 1.56. The highest BCUT2D eigenvalue weighted by Gasteiger charge is 2.34. The Hall–Kier alpha value is -0.650. The molecule has 1 amide bonds. The molecule has 5 heteroatoms. The van der Waals surface area contributed by atoms with Crippen LogP contribution in [0.2, 0.25) is 0 Å². The Labute approximate surface area is 76.7 Å². The van der Waals surface area contributed by atoms with E-state index in [1.54, 1.807) is 4.90 Å². The number of nitrogens with one attached hydrogen (secondary N) is 1. The van der Waals surface area contributed by atoms with Gasteiger partial charge in [-0.2, -0.15) is 0 Å².